The number of hydrogen-bond acceptors (Lipinski definition) is 5. The van der Waals surface area contributed by atoms with E-state index in [1.807, 2.05) is 30.5 Å². The molecule has 1 unspecified atom stereocenters. The second kappa shape index (κ2) is 7.14. The van der Waals surface area contributed by atoms with E-state index in [1.54, 1.807) is 17.7 Å². The second-order valence-electron chi connectivity index (χ2n) is 5.70. The lowest BCUT2D eigenvalue weighted by molar-refractivity contribution is -0.116. The van der Waals surface area contributed by atoms with Gasteiger partial charge in [0.25, 0.3) is 5.56 Å². The molecule has 0 fully saturated rings. The third kappa shape index (κ3) is 3.32. The van der Waals surface area contributed by atoms with Gasteiger partial charge in [-0.05, 0) is 24.0 Å². The minimum Gasteiger partial charge on any atom is -0.490 e. The highest BCUT2D eigenvalue weighted by molar-refractivity contribution is 7.98. The van der Waals surface area contributed by atoms with Gasteiger partial charge < -0.3 is 14.6 Å². The van der Waals surface area contributed by atoms with Gasteiger partial charge in [-0.25, -0.2) is 0 Å². The van der Waals surface area contributed by atoms with Crippen LogP contribution < -0.4 is 15.6 Å². The maximum absolute atomic E-state index is 12.6. The van der Waals surface area contributed by atoms with Crippen LogP contribution in [0.5, 0.6) is 5.75 Å². The van der Waals surface area contributed by atoms with Crippen molar-refractivity contribution in [3.8, 4) is 5.75 Å². The molecule has 2 heterocycles. The number of anilines is 1. The van der Waals surface area contributed by atoms with E-state index in [4.69, 9.17) is 4.74 Å². The zero-order valence-electron chi connectivity index (χ0n) is 14.1. The SMILES string of the molecule is C=CCOc1ccc(C2CC(=O)Nc3c2c(=O)nc(SC)n3C)cc1. The summed E-state index contributed by atoms with van der Waals surface area (Å²) in [5.41, 5.74) is 1.12. The summed E-state index contributed by atoms with van der Waals surface area (Å²) < 4.78 is 7.24. The summed E-state index contributed by atoms with van der Waals surface area (Å²) in [6.45, 7) is 4.04. The Bertz CT molecular complexity index is 874. The average molecular weight is 357 g/mol. The average Bonchev–Trinajstić information content (AvgIpc) is 2.62. The minimum absolute atomic E-state index is 0.113. The van der Waals surface area contributed by atoms with Crippen molar-refractivity contribution in [2.24, 2.45) is 7.05 Å². The van der Waals surface area contributed by atoms with Crippen LogP contribution in [0.25, 0.3) is 0 Å². The van der Waals surface area contributed by atoms with Crippen LogP contribution in [0.15, 0.2) is 46.9 Å². The maximum atomic E-state index is 12.6. The van der Waals surface area contributed by atoms with Crippen molar-refractivity contribution in [3.63, 3.8) is 0 Å². The van der Waals surface area contributed by atoms with Gasteiger partial charge in [-0.15, -0.1) is 0 Å². The van der Waals surface area contributed by atoms with E-state index >= 15 is 0 Å². The predicted octanol–water partition coefficient (Wildman–Crippen LogP) is 2.54. The van der Waals surface area contributed by atoms with Crippen LogP contribution >= 0.6 is 11.8 Å². The number of rotatable bonds is 5. The Morgan fingerprint density at radius 2 is 2.12 bits per heavy atom. The van der Waals surface area contributed by atoms with Gasteiger partial charge in [0.1, 0.15) is 18.2 Å². The first-order valence-electron chi connectivity index (χ1n) is 7.83. The molecule has 0 saturated heterocycles. The summed E-state index contributed by atoms with van der Waals surface area (Å²) in [5.74, 6) is 0.808. The lowest BCUT2D eigenvalue weighted by atomic mass is 9.87. The Kier molecular flexibility index (Phi) is 4.94. The fourth-order valence-electron chi connectivity index (χ4n) is 2.95. The summed E-state index contributed by atoms with van der Waals surface area (Å²) in [6.07, 6.45) is 3.74. The number of benzene rings is 1. The highest BCUT2D eigenvalue weighted by Crippen LogP contribution is 2.36. The number of fused-ring (bicyclic) bond motifs is 1. The van der Waals surface area contributed by atoms with Crippen molar-refractivity contribution in [2.45, 2.75) is 17.5 Å². The molecule has 25 heavy (non-hydrogen) atoms. The van der Waals surface area contributed by atoms with Gasteiger partial charge in [-0.2, -0.15) is 4.98 Å². The topological polar surface area (TPSA) is 73.2 Å². The van der Waals surface area contributed by atoms with Crippen molar-refractivity contribution in [3.05, 3.63) is 58.4 Å². The molecule has 6 nitrogen and oxygen atoms in total. The fraction of sp³-hybridized carbons (Fsp3) is 0.278. The highest BCUT2D eigenvalue weighted by atomic mass is 32.2. The molecule has 0 spiro atoms. The predicted molar refractivity (Wildman–Crippen MR) is 98.5 cm³/mol. The lowest BCUT2D eigenvalue weighted by Gasteiger charge is -2.27. The second-order valence-corrected chi connectivity index (χ2v) is 6.47. The zero-order chi connectivity index (χ0) is 18.0. The van der Waals surface area contributed by atoms with Crippen molar-refractivity contribution in [1.82, 2.24) is 9.55 Å². The summed E-state index contributed by atoms with van der Waals surface area (Å²) in [4.78, 5) is 28.9. The number of nitrogens with zero attached hydrogens (tertiary/aromatic N) is 2. The van der Waals surface area contributed by atoms with Crippen LogP contribution in [0, 0.1) is 0 Å². The van der Waals surface area contributed by atoms with E-state index in [2.05, 4.69) is 16.9 Å². The summed E-state index contributed by atoms with van der Waals surface area (Å²) >= 11 is 1.37. The molecule has 2 aromatic rings. The highest BCUT2D eigenvalue weighted by Gasteiger charge is 2.31. The molecule has 0 bridgehead atoms. The number of thioether (sulfide) groups is 1. The van der Waals surface area contributed by atoms with E-state index < -0.39 is 0 Å². The first kappa shape index (κ1) is 17.3. The molecule has 0 saturated carbocycles. The lowest BCUT2D eigenvalue weighted by Crippen LogP contribution is -2.33. The first-order chi connectivity index (χ1) is 12.0. The molecule has 0 radical (unpaired) electrons. The van der Waals surface area contributed by atoms with Crippen LogP contribution in [0.1, 0.15) is 23.5 Å². The molecular formula is C18H19N3O3S. The summed E-state index contributed by atoms with van der Waals surface area (Å²) in [5, 5.41) is 3.39. The van der Waals surface area contributed by atoms with Gasteiger partial charge in [0.05, 0.1) is 5.56 Å². The van der Waals surface area contributed by atoms with Crippen LogP contribution in [0.4, 0.5) is 5.82 Å². The Balaban J connectivity index is 2.05. The number of carbonyl (C=O) groups is 1. The van der Waals surface area contributed by atoms with Gasteiger partial charge >= 0.3 is 0 Å². The van der Waals surface area contributed by atoms with Crippen molar-refractivity contribution in [2.75, 3.05) is 18.2 Å². The van der Waals surface area contributed by atoms with Crippen molar-refractivity contribution >= 4 is 23.5 Å². The standard InChI is InChI=1S/C18H19N3O3S/c1-4-9-24-12-7-5-11(6-8-12)13-10-14(22)19-16-15(13)17(23)20-18(25-3)21(16)2/h4-8,13H,1,9-10H2,2-3H3,(H,19,22). The number of aromatic nitrogens is 2. The summed E-state index contributed by atoms with van der Waals surface area (Å²) in [6, 6.07) is 7.43. The van der Waals surface area contributed by atoms with E-state index in [0.29, 0.717) is 28.9 Å². The largest absolute Gasteiger partial charge is 0.490 e. The van der Waals surface area contributed by atoms with Crippen LogP contribution in [-0.4, -0.2) is 28.3 Å². The molecular weight excluding hydrogens is 338 g/mol. The van der Waals surface area contributed by atoms with Crippen LogP contribution in [0.2, 0.25) is 0 Å². The molecule has 1 amide bonds. The van der Waals surface area contributed by atoms with Gasteiger partial charge in [0, 0.05) is 19.4 Å². The van der Waals surface area contributed by atoms with Gasteiger partial charge in [0.15, 0.2) is 5.16 Å². The molecule has 7 heteroatoms. The molecule has 1 aliphatic heterocycles. The normalized spacial score (nSPS) is 16.1. The Labute approximate surface area is 149 Å². The van der Waals surface area contributed by atoms with Gasteiger partial charge in [-0.1, -0.05) is 36.5 Å². The molecule has 1 atom stereocenters. The fourth-order valence-corrected chi connectivity index (χ4v) is 3.49. The van der Waals surface area contributed by atoms with E-state index in [0.717, 1.165) is 5.56 Å². The molecule has 1 aromatic heterocycles. The molecule has 1 aromatic carbocycles. The third-order valence-corrected chi connectivity index (χ3v) is 4.86. The van der Waals surface area contributed by atoms with E-state index in [-0.39, 0.29) is 23.8 Å². The molecule has 1 aliphatic rings. The molecule has 3 rings (SSSR count). The maximum Gasteiger partial charge on any atom is 0.279 e. The number of ether oxygens (including phenoxy) is 1. The number of hydrogen-bond donors (Lipinski definition) is 1. The Hall–Kier alpha value is -2.54. The van der Waals surface area contributed by atoms with Crippen molar-refractivity contribution in [1.29, 1.82) is 0 Å². The monoisotopic (exact) mass is 357 g/mol. The van der Waals surface area contributed by atoms with Gasteiger partial charge in [0.2, 0.25) is 5.91 Å². The van der Waals surface area contributed by atoms with Crippen molar-refractivity contribution < 1.29 is 9.53 Å². The summed E-state index contributed by atoms with van der Waals surface area (Å²) in [7, 11) is 1.80. The quantitative estimate of drug-likeness (QED) is 0.506. The van der Waals surface area contributed by atoms with E-state index in [9.17, 15) is 9.59 Å². The van der Waals surface area contributed by atoms with Crippen LogP contribution in [-0.2, 0) is 11.8 Å². The third-order valence-electron chi connectivity index (χ3n) is 4.13. The number of carbonyl (C=O) groups excluding carboxylic acids is 1. The number of amides is 1. The molecule has 1 N–H and O–H groups in total. The zero-order valence-corrected chi connectivity index (χ0v) is 14.9. The Morgan fingerprint density at radius 1 is 1.40 bits per heavy atom. The van der Waals surface area contributed by atoms with E-state index in [1.165, 1.54) is 11.8 Å². The molecule has 0 aliphatic carbocycles. The van der Waals surface area contributed by atoms with Crippen LogP contribution in [0.3, 0.4) is 0 Å². The first-order valence-corrected chi connectivity index (χ1v) is 9.06. The molecule has 130 valence electrons. The smallest absolute Gasteiger partial charge is 0.279 e. The van der Waals surface area contributed by atoms with Gasteiger partial charge in [-0.3, -0.25) is 9.59 Å². The Morgan fingerprint density at radius 3 is 2.76 bits per heavy atom. The number of nitrogens with one attached hydrogen (secondary N) is 1. The minimum atomic E-state index is -0.320.